The van der Waals surface area contributed by atoms with E-state index in [2.05, 4.69) is 12.1 Å². The Morgan fingerprint density at radius 1 is 1.03 bits per heavy atom. The number of esters is 2. The van der Waals surface area contributed by atoms with Crippen molar-refractivity contribution in [3.63, 3.8) is 0 Å². The van der Waals surface area contributed by atoms with Gasteiger partial charge in [-0.15, -0.1) is 0 Å². The number of para-hydroxylation sites is 1. The van der Waals surface area contributed by atoms with Crippen molar-refractivity contribution in [2.75, 3.05) is 26.2 Å². The maximum atomic E-state index is 14.4. The molecule has 2 atom stereocenters. The van der Waals surface area contributed by atoms with Crippen molar-refractivity contribution in [1.82, 2.24) is 4.90 Å². The van der Waals surface area contributed by atoms with Gasteiger partial charge in [-0.2, -0.15) is 10.5 Å². The predicted molar refractivity (Wildman–Crippen MR) is 131 cm³/mol. The minimum Gasteiger partial charge on any atom is -0.469 e. The Hall–Kier alpha value is -4.89. The molecular formula is C28H22N4O5. The molecule has 1 spiro atoms. The van der Waals surface area contributed by atoms with Crippen molar-refractivity contribution < 1.29 is 23.9 Å². The first kappa shape index (κ1) is 23.8. The first-order valence-electron chi connectivity index (χ1n) is 11.5. The van der Waals surface area contributed by atoms with Gasteiger partial charge in [0.2, 0.25) is 5.91 Å². The molecule has 5 rings (SSSR count). The molecule has 0 aliphatic carbocycles. The van der Waals surface area contributed by atoms with E-state index in [1.54, 1.807) is 53.6 Å². The Morgan fingerprint density at radius 3 is 2.38 bits per heavy atom. The molecule has 3 aliphatic heterocycles. The third-order valence-corrected chi connectivity index (χ3v) is 7.54. The van der Waals surface area contributed by atoms with Gasteiger partial charge in [0.25, 0.3) is 0 Å². The summed E-state index contributed by atoms with van der Waals surface area (Å²) in [5.74, 6) is -2.21. The molecule has 9 heteroatoms. The van der Waals surface area contributed by atoms with E-state index in [-0.39, 0.29) is 11.3 Å². The van der Waals surface area contributed by atoms with Crippen LogP contribution in [0.25, 0.3) is 6.08 Å². The lowest BCUT2D eigenvalue weighted by Crippen LogP contribution is -2.62. The molecule has 0 saturated carbocycles. The van der Waals surface area contributed by atoms with Crippen molar-refractivity contribution in [1.29, 1.82) is 10.5 Å². The second kappa shape index (κ2) is 8.35. The molecule has 0 radical (unpaired) electrons. The molecule has 1 amide bonds. The van der Waals surface area contributed by atoms with Gasteiger partial charge >= 0.3 is 11.9 Å². The second-order valence-corrected chi connectivity index (χ2v) is 8.98. The number of hydrogen-bond acceptors (Lipinski definition) is 8. The molecule has 37 heavy (non-hydrogen) atoms. The maximum absolute atomic E-state index is 14.4. The summed E-state index contributed by atoms with van der Waals surface area (Å²) in [5.41, 5.74) is -2.18. The Bertz CT molecular complexity index is 1500. The topological polar surface area (TPSA) is 124 Å². The normalized spacial score (nSPS) is 22.5. The summed E-state index contributed by atoms with van der Waals surface area (Å²) in [6.45, 7) is 0. The summed E-state index contributed by atoms with van der Waals surface area (Å²) >= 11 is 0. The minimum absolute atomic E-state index is 0.133. The van der Waals surface area contributed by atoms with Crippen LogP contribution in [0.4, 0.5) is 5.69 Å². The number of nitriles is 2. The van der Waals surface area contributed by atoms with E-state index >= 15 is 0 Å². The standard InChI is InChI=1S/C28H22N4O5/c1-31-20-11-7-6-10-19(20)28(26(31)35)23(25(34)37-3)21(14-22(33)36-2)32-13-12-17-8-4-5-9-18(17)24(32)27(28,15-29)16-30/h4-13,24H,14H2,1-3H3/t24-,28-/m0/s1. The van der Waals surface area contributed by atoms with Gasteiger partial charge in [-0.3, -0.25) is 9.59 Å². The number of nitrogens with zero attached hydrogens (tertiary/aromatic N) is 4. The van der Waals surface area contributed by atoms with E-state index in [0.29, 0.717) is 16.8 Å². The van der Waals surface area contributed by atoms with Gasteiger partial charge in [-0.25, -0.2) is 4.79 Å². The lowest BCUT2D eigenvalue weighted by molar-refractivity contribution is -0.142. The fourth-order valence-corrected chi connectivity index (χ4v) is 6.00. The molecule has 0 saturated heterocycles. The lowest BCUT2D eigenvalue weighted by atomic mass is 9.51. The van der Waals surface area contributed by atoms with Crippen LogP contribution in [-0.4, -0.2) is 44.0 Å². The SMILES string of the molecule is COC(=O)CC1=C(C(=O)OC)[C@@]2(C(=O)N(C)c3ccccc32)C(C#N)(C#N)[C@@H]2c3ccccc3C=CN12. The molecule has 0 N–H and O–H groups in total. The van der Waals surface area contributed by atoms with E-state index in [4.69, 9.17) is 9.47 Å². The first-order valence-corrected chi connectivity index (χ1v) is 11.5. The van der Waals surface area contributed by atoms with Crippen molar-refractivity contribution in [2.45, 2.75) is 17.9 Å². The van der Waals surface area contributed by atoms with Crippen molar-refractivity contribution in [3.8, 4) is 12.1 Å². The maximum Gasteiger partial charge on any atom is 0.337 e. The zero-order chi connectivity index (χ0) is 26.5. The third-order valence-electron chi connectivity index (χ3n) is 7.54. The van der Waals surface area contributed by atoms with E-state index in [1.807, 2.05) is 12.1 Å². The number of likely N-dealkylation sites (N-methyl/N-ethyl adjacent to an activating group) is 1. The van der Waals surface area contributed by atoms with Gasteiger partial charge in [-0.1, -0.05) is 42.5 Å². The number of rotatable bonds is 3. The molecule has 9 nitrogen and oxygen atoms in total. The lowest BCUT2D eigenvalue weighted by Gasteiger charge is -2.53. The number of carbonyl (C=O) groups excluding carboxylic acids is 3. The molecule has 0 bridgehead atoms. The molecule has 0 aromatic heterocycles. The predicted octanol–water partition coefficient (Wildman–Crippen LogP) is 2.97. The number of methoxy groups -OCH3 is 2. The highest BCUT2D eigenvalue weighted by atomic mass is 16.5. The molecule has 2 aromatic rings. The summed E-state index contributed by atoms with van der Waals surface area (Å²) in [4.78, 5) is 43.6. The number of carbonyl (C=O) groups is 3. The molecule has 2 aromatic carbocycles. The Morgan fingerprint density at radius 2 is 1.70 bits per heavy atom. The van der Waals surface area contributed by atoms with Crippen LogP contribution in [0.2, 0.25) is 0 Å². The van der Waals surface area contributed by atoms with E-state index in [1.165, 1.54) is 19.1 Å². The molecule has 0 fully saturated rings. The minimum atomic E-state index is -2.13. The van der Waals surface area contributed by atoms with Gasteiger partial charge in [0.15, 0.2) is 5.41 Å². The quantitative estimate of drug-likeness (QED) is 0.597. The fourth-order valence-electron chi connectivity index (χ4n) is 6.00. The fraction of sp³-hybridized carbons (Fsp3) is 0.250. The van der Waals surface area contributed by atoms with Gasteiger partial charge in [0, 0.05) is 24.6 Å². The van der Waals surface area contributed by atoms with Crippen molar-refractivity contribution in [3.05, 3.63) is 82.7 Å². The summed E-state index contributed by atoms with van der Waals surface area (Å²) < 4.78 is 10.1. The molecule has 0 unspecified atom stereocenters. The van der Waals surface area contributed by atoms with Crippen LogP contribution in [0.3, 0.4) is 0 Å². The summed E-state index contributed by atoms with van der Waals surface area (Å²) in [6.07, 6.45) is 3.00. The number of hydrogen-bond donors (Lipinski definition) is 0. The highest BCUT2D eigenvalue weighted by molar-refractivity contribution is 6.17. The van der Waals surface area contributed by atoms with Gasteiger partial charge in [-0.05, 0) is 28.8 Å². The van der Waals surface area contributed by atoms with E-state index in [0.717, 1.165) is 12.7 Å². The zero-order valence-corrected chi connectivity index (χ0v) is 20.4. The monoisotopic (exact) mass is 494 g/mol. The smallest absolute Gasteiger partial charge is 0.337 e. The summed E-state index contributed by atoms with van der Waals surface area (Å²) in [6, 6.07) is 17.3. The average molecular weight is 495 g/mol. The van der Waals surface area contributed by atoms with E-state index in [9.17, 15) is 24.9 Å². The van der Waals surface area contributed by atoms with Crippen LogP contribution in [0, 0.1) is 28.1 Å². The van der Waals surface area contributed by atoms with E-state index < -0.39 is 41.1 Å². The average Bonchev–Trinajstić information content (AvgIpc) is 3.16. The molecular weight excluding hydrogens is 472 g/mol. The number of amides is 1. The van der Waals surface area contributed by atoms with Gasteiger partial charge in [0.1, 0.15) is 5.41 Å². The van der Waals surface area contributed by atoms with Gasteiger partial charge < -0.3 is 19.3 Å². The number of ether oxygens (including phenoxy) is 2. The first-order chi connectivity index (χ1) is 17.8. The largest absolute Gasteiger partial charge is 0.469 e. The number of benzene rings is 2. The Balaban J connectivity index is 2.03. The second-order valence-electron chi connectivity index (χ2n) is 8.98. The van der Waals surface area contributed by atoms with Crippen LogP contribution >= 0.6 is 0 Å². The van der Waals surface area contributed by atoms with Crippen LogP contribution in [0.1, 0.15) is 29.2 Å². The Kier molecular flexibility index (Phi) is 5.38. The van der Waals surface area contributed by atoms with Crippen molar-refractivity contribution >= 4 is 29.6 Å². The van der Waals surface area contributed by atoms with Crippen LogP contribution < -0.4 is 4.90 Å². The van der Waals surface area contributed by atoms with Crippen LogP contribution in [0.5, 0.6) is 0 Å². The highest BCUT2D eigenvalue weighted by Gasteiger charge is 2.74. The molecule has 3 heterocycles. The number of anilines is 1. The summed E-state index contributed by atoms with van der Waals surface area (Å²) in [5, 5.41) is 21.8. The molecule has 184 valence electrons. The third kappa shape index (κ3) is 2.80. The van der Waals surface area contributed by atoms with Gasteiger partial charge in [0.05, 0.1) is 44.4 Å². The molecule has 3 aliphatic rings. The zero-order valence-electron chi connectivity index (χ0n) is 20.4. The van der Waals surface area contributed by atoms with Crippen molar-refractivity contribution in [2.24, 2.45) is 5.41 Å². The van der Waals surface area contributed by atoms with Crippen LogP contribution in [0.15, 0.2) is 66.0 Å². The summed E-state index contributed by atoms with van der Waals surface area (Å²) in [7, 11) is 3.91. The Labute approximate surface area is 213 Å². The highest BCUT2D eigenvalue weighted by Crippen LogP contribution is 2.65. The van der Waals surface area contributed by atoms with Crippen LogP contribution in [-0.2, 0) is 29.3 Å². The number of fused-ring (bicyclic) bond motifs is 5.